The Morgan fingerprint density at radius 2 is 1.68 bits per heavy atom. The molecule has 41 heavy (non-hydrogen) atoms. The molecule has 5 rings (SSSR count). The second kappa shape index (κ2) is 13.2. The van der Waals surface area contributed by atoms with Gasteiger partial charge < -0.3 is 15.0 Å². The summed E-state index contributed by atoms with van der Waals surface area (Å²) in [6.07, 6.45) is 2.87. The number of nitrogens with zero attached hydrogens (tertiary/aromatic N) is 2. The van der Waals surface area contributed by atoms with Gasteiger partial charge in [0.1, 0.15) is 5.82 Å². The second-order valence-corrected chi connectivity index (χ2v) is 11.0. The largest absolute Gasteiger partial charge is 0.478 e. The van der Waals surface area contributed by atoms with Crippen molar-refractivity contribution in [2.24, 2.45) is 0 Å². The van der Waals surface area contributed by atoms with E-state index in [2.05, 4.69) is 84.9 Å². The molecule has 0 bridgehead atoms. The molecule has 0 saturated heterocycles. The topological polar surface area (TPSA) is 67.2 Å². The third-order valence-corrected chi connectivity index (χ3v) is 8.00. The number of rotatable bonds is 12. The molecule has 2 N–H and O–H groups in total. The van der Waals surface area contributed by atoms with Crippen molar-refractivity contribution in [2.45, 2.75) is 52.2 Å². The lowest BCUT2D eigenvalue weighted by atomic mass is 9.98. The number of aromatic nitrogens is 2. The number of carbonyl (C=O) groups is 1. The van der Waals surface area contributed by atoms with Crippen LogP contribution in [0.15, 0.2) is 91.0 Å². The average Bonchev–Trinajstić information content (AvgIpc) is 3.33. The molecule has 210 valence electrons. The van der Waals surface area contributed by atoms with E-state index in [1.54, 1.807) is 12.1 Å². The van der Waals surface area contributed by atoms with E-state index < -0.39 is 5.97 Å². The zero-order chi connectivity index (χ0) is 28.8. The predicted molar refractivity (Wildman–Crippen MR) is 171 cm³/mol. The van der Waals surface area contributed by atoms with Crippen LogP contribution in [0.1, 0.15) is 51.8 Å². The highest BCUT2D eigenvalue weighted by molar-refractivity contribution is 7.80. The maximum atomic E-state index is 11.7. The summed E-state index contributed by atoms with van der Waals surface area (Å²) in [5.41, 5.74) is 9.02. The predicted octanol–water partition coefficient (Wildman–Crippen LogP) is 7.34. The van der Waals surface area contributed by atoms with E-state index in [1.807, 2.05) is 30.3 Å². The molecular weight excluding hydrogens is 526 g/mol. The minimum absolute atomic E-state index is 0.280. The molecule has 5 nitrogen and oxygen atoms in total. The maximum absolute atomic E-state index is 11.7. The van der Waals surface area contributed by atoms with Crippen molar-refractivity contribution in [3.63, 3.8) is 0 Å². The summed E-state index contributed by atoms with van der Waals surface area (Å²) in [5.74, 6) is 0.940. The minimum atomic E-state index is -0.916. The molecular formula is C35H37N3O2S. The fourth-order valence-corrected chi connectivity index (χ4v) is 5.72. The molecule has 0 aliphatic heterocycles. The molecule has 1 heterocycles. The van der Waals surface area contributed by atoms with Crippen molar-refractivity contribution in [2.75, 3.05) is 5.75 Å². The normalized spacial score (nSPS) is 12.1. The van der Waals surface area contributed by atoms with E-state index in [0.717, 1.165) is 65.1 Å². The Kier molecular flexibility index (Phi) is 9.22. The van der Waals surface area contributed by atoms with E-state index in [9.17, 15) is 9.90 Å². The molecule has 0 amide bonds. The van der Waals surface area contributed by atoms with Crippen LogP contribution in [0.5, 0.6) is 0 Å². The first-order chi connectivity index (χ1) is 20.0. The first kappa shape index (κ1) is 28.7. The summed E-state index contributed by atoms with van der Waals surface area (Å²) in [7, 11) is 0. The van der Waals surface area contributed by atoms with Crippen molar-refractivity contribution < 1.29 is 9.90 Å². The van der Waals surface area contributed by atoms with Crippen LogP contribution in [0.25, 0.3) is 22.2 Å². The van der Waals surface area contributed by atoms with Crippen LogP contribution in [-0.2, 0) is 25.9 Å². The molecule has 0 radical (unpaired) electrons. The highest BCUT2D eigenvalue weighted by Gasteiger charge is 2.16. The third-order valence-electron chi connectivity index (χ3n) is 7.56. The Bertz CT molecular complexity index is 1630. The minimum Gasteiger partial charge on any atom is -0.478 e. The van der Waals surface area contributed by atoms with Gasteiger partial charge in [0.25, 0.3) is 0 Å². The summed E-state index contributed by atoms with van der Waals surface area (Å²) < 4.78 is 2.34. The molecule has 1 atom stereocenters. The average molecular weight is 564 g/mol. The number of carboxylic acid groups (broad SMARTS) is 1. The molecule has 5 aromatic rings. The lowest BCUT2D eigenvalue weighted by Crippen LogP contribution is -2.32. The third kappa shape index (κ3) is 6.72. The lowest BCUT2D eigenvalue weighted by Gasteiger charge is -2.17. The first-order valence-corrected chi connectivity index (χ1v) is 14.9. The molecule has 1 aromatic heterocycles. The second-order valence-electron chi connectivity index (χ2n) is 10.6. The smallest absolute Gasteiger partial charge is 0.336 e. The van der Waals surface area contributed by atoms with Gasteiger partial charge in [-0.2, -0.15) is 12.6 Å². The molecule has 1 unspecified atom stereocenters. The zero-order valence-electron chi connectivity index (χ0n) is 23.7. The highest BCUT2D eigenvalue weighted by atomic mass is 32.1. The number of hydrogen-bond donors (Lipinski definition) is 3. The monoisotopic (exact) mass is 563 g/mol. The Hall–Kier alpha value is -3.87. The number of hydrogen-bond acceptors (Lipinski definition) is 4. The number of aromatic carboxylic acids is 1. The van der Waals surface area contributed by atoms with Crippen LogP contribution in [0.4, 0.5) is 0 Å². The highest BCUT2D eigenvalue weighted by Crippen LogP contribution is 2.27. The van der Waals surface area contributed by atoms with E-state index in [4.69, 9.17) is 4.98 Å². The van der Waals surface area contributed by atoms with Crippen LogP contribution in [0.3, 0.4) is 0 Å². The van der Waals surface area contributed by atoms with Crippen molar-refractivity contribution in [1.82, 2.24) is 14.9 Å². The van der Waals surface area contributed by atoms with Gasteiger partial charge in [-0.25, -0.2) is 9.78 Å². The fourth-order valence-electron chi connectivity index (χ4n) is 5.46. The summed E-state index contributed by atoms with van der Waals surface area (Å²) in [4.78, 5) is 16.8. The van der Waals surface area contributed by atoms with Gasteiger partial charge in [-0.15, -0.1) is 0 Å². The lowest BCUT2D eigenvalue weighted by molar-refractivity contribution is 0.0697. The van der Waals surface area contributed by atoms with Crippen molar-refractivity contribution in [3.8, 4) is 11.1 Å². The molecule has 4 aromatic carbocycles. The van der Waals surface area contributed by atoms with Crippen molar-refractivity contribution in [3.05, 3.63) is 125 Å². The number of fused-ring (bicyclic) bond motifs is 1. The summed E-state index contributed by atoms with van der Waals surface area (Å²) in [6.45, 7) is 5.80. The van der Waals surface area contributed by atoms with Gasteiger partial charge in [-0.05, 0) is 65.3 Å². The Morgan fingerprint density at radius 3 is 2.39 bits per heavy atom. The van der Waals surface area contributed by atoms with E-state index in [-0.39, 0.29) is 6.04 Å². The van der Waals surface area contributed by atoms with Crippen LogP contribution >= 0.6 is 12.6 Å². The van der Waals surface area contributed by atoms with Gasteiger partial charge in [0.2, 0.25) is 0 Å². The van der Waals surface area contributed by atoms with Crippen LogP contribution < -0.4 is 5.32 Å². The standard InChI is InChI=1S/C35H37N3O2S/c1-3-9-33-37-34-24(2)18-27(21-36-29(23-41)19-25-10-5-4-6-11-25)20-32(34)38(33)22-26-14-16-28(17-15-26)30-12-7-8-13-31(30)35(39)40/h4-8,10-18,20,29,36,41H,3,9,19,21-23H2,1-2H3,(H,39,40). The number of benzene rings is 4. The first-order valence-electron chi connectivity index (χ1n) is 14.2. The molecule has 0 aliphatic carbocycles. The SMILES string of the molecule is CCCc1nc2c(C)cc(CNC(CS)Cc3ccccc3)cc2n1Cc1ccc(-c2ccccc2C(=O)O)cc1. The number of carboxylic acids is 1. The van der Waals surface area contributed by atoms with Gasteiger partial charge in [0.15, 0.2) is 0 Å². The molecule has 6 heteroatoms. The maximum Gasteiger partial charge on any atom is 0.336 e. The van der Waals surface area contributed by atoms with Gasteiger partial charge in [0, 0.05) is 31.3 Å². The quantitative estimate of drug-likeness (QED) is 0.139. The summed E-state index contributed by atoms with van der Waals surface area (Å²) >= 11 is 4.61. The number of nitrogens with one attached hydrogen (secondary N) is 1. The van der Waals surface area contributed by atoms with Crippen LogP contribution in [-0.4, -0.2) is 32.4 Å². The molecule has 0 spiro atoms. The number of aryl methyl sites for hydroxylation is 2. The van der Waals surface area contributed by atoms with Gasteiger partial charge >= 0.3 is 5.97 Å². The molecule has 0 saturated carbocycles. The van der Waals surface area contributed by atoms with Gasteiger partial charge in [-0.1, -0.05) is 85.8 Å². The Labute approximate surface area is 247 Å². The number of imidazole rings is 1. The van der Waals surface area contributed by atoms with Crippen molar-refractivity contribution >= 4 is 29.6 Å². The van der Waals surface area contributed by atoms with Crippen molar-refractivity contribution in [1.29, 1.82) is 0 Å². The van der Waals surface area contributed by atoms with E-state index in [0.29, 0.717) is 12.1 Å². The van der Waals surface area contributed by atoms with Gasteiger partial charge in [-0.3, -0.25) is 0 Å². The molecule has 0 aliphatic rings. The molecule has 0 fully saturated rings. The Morgan fingerprint density at radius 1 is 0.951 bits per heavy atom. The fraction of sp³-hybridized carbons (Fsp3) is 0.257. The Balaban J connectivity index is 1.40. The summed E-state index contributed by atoms with van der Waals surface area (Å²) in [6, 6.07) is 30.7. The van der Waals surface area contributed by atoms with E-state index in [1.165, 1.54) is 16.7 Å². The van der Waals surface area contributed by atoms with Gasteiger partial charge in [0.05, 0.1) is 16.6 Å². The summed E-state index contributed by atoms with van der Waals surface area (Å²) in [5, 5.41) is 13.3. The van der Waals surface area contributed by atoms with E-state index >= 15 is 0 Å². The number of thiol groups is 1. The van der Waals surface area contributed by atoms with Crippen LogP contribution in [0.2, 0.25) is 0 Å². The van der Waals surface area contributed by atoms with Crippen LogP contribution in [0, 0.1) is 6.92 Å². The zero-order valence-corrected chi connectivity index (χ0v) is 24.6.